The number of fused-ring (bicyclic) bond motifs is 1. The van der Waals surface area contributed by atoms with Crippen LogP contribution in [-0.2, 0) is 0 Å². The molecule has 4 heterocycles. The van der Waals surface area contributed by atoms with Crippen molar-refractivity contribution in [1.82, 2.24) is 24.6 Å². The standard InChI is InChI=1S/C31H29ClN8O3/c1-38-13-15-39(16-14-38)24-6-3-22(4-7-24)36-31-34-19-21-17-26(30(42)40(43-2)28(21)37-31)25-18-23(5-8-27(25)32)35-29(41)20-9-11-33-12-10-20/h3-12,17-19H,13-16H2,1-2H3,(H,35,41)(H,34,36,37). The van der Waals surface area contributed by atoms with E-state index in [1.54, 1.807) is 55.0 Å². The summed E-state index contributed by atoms with van der Waals surface area (Å²) >= 11 is 6.53. The van der Waals surface area contributed by atoms with Gasteiger partial charge < -0.3 is 25.3 Å². The van der Waals surface area contributed by atoms with Gasteiger partial charge in [-0.25, -0.2) is 4.98 Å². The van der Waals surface area contributed by atoms with E-state index >= 15 is 0 Å². The minimum Gasteiger partial charge on any atom is -0.412 e. The van der Waals surface area contributed by atoms with E-state index in [9.17, 15) is 9.59 Å². The smallest absolute Gasteiger partial charge is 0.293 e. The summed E-state index contributed by atoms with van der Waals surface area (Å²) in [4.78, 5) is 49.4. The molecule has 0 bridgehead atoms. The molecule has 0 aliphatic carbocycles. The van der Waals surface area contributed by atoms with Gasteiger partial charge in [0.2, 0.25) is 5.95 Å². The molecule has 218 valence electrons. The van der Waals surface area contributed by atoms with Gasteiger partial charge in [0.15, 0.2) is 5.65 Å². The number of benzene rings is 2. The van der Waals surface area contributed by atoms with Gasteiger partial charge in [0.25, 0.3) is 11.5 Å². The number of halogens is 1. The lowest BCUT2D eigenvalue weighted by molar-refractivity contribution is 0.102. The molecule has 1 amide bonds. The first-order valence-electron chi connectivity index (χ1n) is 13.7. The fourth-order valence-electron chi connectivity index (χ4n) is 4.96. The van der Waals surface area contributed by atoms with Crippen molar-refractivity contribution >= 4 is 51.6 Å². The van der Waals surface area contributed by atoms with E-state index in [1.165, 1.54) is 12.8 Å². The molecule has 12 heteroatoms. The molecular weight excluding hydrogens is 568 g/mol. The molecule has 11 nitrogen and oxygen atoms in total. The number of pyridine rings is 2. The number of anilines is 4. The Balaban J connectivity index is 1.27. The van der Waals surface area contributed by atoms with Crippen LogP contribution in [0.15, 0.2) is 84.0 Å². The Morgan fingerprint density at radius 1 is 0.930 bits per heavy atom. The fourth-order valence-corrected chi connectivity index (χ4v) is 5.18. The van der Waals surface area contributed by atoms with Crippen LogP contribution in [0.5, 0.6) is 0 Å². The van der Waals surface area contributed by atoms with Crippen molar-refractivity contribution < 1.29 is 9.63 Å². The molecule has 5 aromatic rings. The number of amides is 1. The lowest BCUT2D eigenvalue weighted by Crippen LogP contribution is -2.44. The molecule has 1 saturated heterocycles. The third kappa shape index (κ3) is 5.99. The molecule has 2 aromatic carbocycles. The van der Waals surface area contributed by atoms with E-state index in [1.807, 2.05) is 12.1 Å². The second kappa shape index (κ2) is 12.1. The Labute approximate surface area is 252 Å². The van der Waals surface area contributed by atoms with Crippen molar-refractivity contribution in [1.29, 1.82) is 0 Å². The Morgan fingerprint density at radius 3 is 2.37 bits per heavy atom. The van der Waals surface area contributed by atoms with E-state index < -0.39 is 5.56 Å². The molecule has 1 aliphatic heterocycles. The minimum atomic E-state index is -0.462. The number of carbonyl (C=O) groups excluding carboxylic acids is 1. The second-order valence-electron chi connectivity index (χ2n) is 10.2. The normalized spacial score (nSPS) is 13.6. The highest BCUT2D eigenvalue weighted by molar-refractivity contribution is 6.33. The monoisotopic (exact) mass is 596 g/mol. The van der Waals surface area contributed by atoms with Crippen LogP contribution in [-0.4, -0.2) is 70.8 Å². The lowest BCUT2D eigenvalue weighted by atomic mass is 10.1. The van der Waals surface area contributed by atoms with Gasteiger partial charge in [-0.2, -0.15) is 4.98 Å². The molecule has 1 fully saturated rings. The number of hydrogen-bond donors (Lipinski definition) is 2. The summed E-state index contributed by atoms with van der Waals surface area (Å²) in [7, 11) is 3.53. The Kier molecular flexibility index (Phi) is 7.91. The zero-order chi connectivity index (χ0) is 29.9. The third-order valence-corrected chi connectivity index (χ3v) is 7.66. The maximum Gasteiger partial charge on any atom is 0.293 e. The predicted octanol–water partition coefficient (Wildman–Crippen LogP) is 4.31. The van der Waals surface area contributed by atoms with Crippen molar-refractivity contribution in [2.45, 2.75) is 0 Å². The van der Waals surface area contributed by atoms with Crippen LogP contribution < -0.4 is 25.9 Å². The van der Waals surface area contributed by atoms with E-state index in [0.29, 0.717) is 38.8 Å². The molecule has 0 unspecified atom stereocenters. The summed E-state index contributed by atoms with van der Waals surface area (Å²) in [5, 5.41) is 6.94. The molecule has 0 spiro atoms. The minimum absolute atomic E-state index is 0.267. The average molecular weight is 597 g/mol. The second-order valence-corrected chi connectivity index (χ2v) is 10.6. The van der Waals surface area contributed by atoms with E-state index in [4.69, 9.17) is 16.4 Å². The highest BCUT2D eigenvalue weighted by Gasteiger charge is 2.18. The van der Waals surface area contributed by atoms with Gasteiger partial charge in [-0.1, -0.05) is 11.6 Å². The lowest BCUT2D eigenvalue weighted by Gasteiger charge is -2.34. The highest BCUT2D eigenvalue weighted by atomic mass is 35.5. The number of nitrogens with zero attached hydrogens (tertiary/aromatic N) is 6. The maximum absolute atomic E-state index is 13.6. The van der Waals surface area contributed by atoms with Gasteiger partial charge in [0.05, 0.1) is 5.56 Å². The Morgan fingerprint density at radius 2 is 1.65 bits per heavy atom. The van der Waals surface area contributed by atoms with Crippen LogP contribution in [0.4, 0.5) is 23.0 Å². The zero-order valence-corrected chi connectivity index (χ0v) is 24.4. The molecular formula is C31H29ClN8O3. The van der Waals surface area contributed by atoms with Gasteiger partial charge in [0, 0.05) is 83.4 Å². The van der Waals surface area contributed by atoms with E-state index in [0.717, 1.165) is 36.6 Å². The van der Waals surface area contributed by atoms with Crippen molar-refractivity contribution in [2.24, 2.45) is 0 Å². The molecule has 1 aliphatic rings. The van der Waals surface area contributed by atoms with Gasteiger partial charge in [-0.3, -0.25) is 14.6 Å². The summed E-state index contributed by atoms with van der Waals surface area (Å²) in [6.07, 6.45) is 4.70. The number of piperazine rings is 1. The molecule has 0 atom stereocenters. The van der Waals surface area contributed by atoms with Crippen LogP contribution in [0, 0.1) is 0 Å². The SMILES string of the molecule is COn1c(=O)c(-c2cc(NC(=O)c3ccncc3)ccc2Cl)cc2cnc(Nc3ccc(N4CCN(C)CC4)cc3)nc21. The fraction of sp³-hybridized carbons (Fsp3) is 0.194. The first-order chi connectivity index (χ1) is 20.9. The van der Waals surface area contributed by atoms with Crippen LogP contribution in [0.3, 0.4) is 0 Å². The number of rotatable bonds is 7. The number of hydrogen-bond acceptors (Lipinski definition) is 9. The molecule has 0 radical (unpaired) electrons. The first kappa shape index (κ1) is 28.1. The topological polar surface area (TPSA) is 118 Å². The van der Waals surface area contributed by atoms with Crippen molar-refractivity contribution in [3.8, 4) is 11.1 Å². The van der Waals surface area contributed by atoms with Crippen LogP contribution in [0.25, 0.3) is 22.2 Å². The van der Waals surface area contributed by atoms with Crippen molar-refractivity contribution in [2.75, 3.05) is 55.9 Å². The zero-order valence-electron chi connectivity index (χ0n) is 23.6. The van der Waals surface area contributed by atoms with E-state index in [-0.39, 0.29) is 11.5 Å². The quantitative estimate of drug-likeness (QED) is 0.283. The predicted molar refractivity (Wildman–Crippen MR) is 168 cm³/mol. The largest absolute Gasteiger partial charge is 0.412 e. The summed E-state index contributed by atoms with van der Waals surface area (Å²) in [6.45, 7) is 4.05. The van der Waals surface area contributed by atoms with E-state index in [2.05, 4.69) is 54.6 Å². The van der Waals surface area contributed by atoms with Gasteiger partial charge in [0.1, 0.15) is 7.11 Å². The average Bonchev–Trinajstić information content (AvgIpc) is 3.03. The summed E-state index contributed by atoms with van der Waals surface area (Å²) in [5.41, 5.74) is 3.43. The summed E-state index contributed by atoms with van der Waals surface area (Å²) in [6, 6.07) is 17.9. The van der Waals surface area contributed by atoms with Crippen molar-refractivity contribution in [3.05, 3.63) is 100 Å². The molecule has 2 N–H and O–H groups in total. The van der Waals surface area contributed by atoms with Crippen LogP contribution >= 0.6 is 11.6 Å². The maximum atomic E-state index is 13.6. The molecule has 43 heavy (non-hydrogen) atoms. The summed E-state index contributed by atoms with van der Waals surface area (Å²) in [5.74, 6) is 0.00235. The number of carbonyl (C=O) groups is 1. The molecule has 6 rings (SSSR count). The van der Waals surface area contributed by atoms with Gasteiger partial charge in [-0.05, 0) is 67.7 Å². The van der Waals surface area contributed by atoms with Crippen molar-refractivity contribution in [3.63, 3.8) is 0 Å². The molecule has 3 aromatic heterocycles. The molecule has 0 saturated carbocycles. The van der Waals surface area contributed by atoms with Gasteiger partial charge >= 0.3 is 0 Å². The number of nitrogens with one attached hydrogen (secondary N) is 2. The summed E-state index contributed by atoms with van der Waals surface area (Å²) < 4.78 is 1.10. The third-order valence-electron chi connectivity index (χ3n) is 7.33. The number of aromatic nitrogens is 4. The van der Waals surface area contributed by atoms with Crippen LogP contribution in [0.1, 0.15) is 10.4 Å². The van der Waals surface area contributed by atoms with Crippen LogP contribution in [0.2, 0.25) is 5.02 Å². The number of likely N-dealkylation sites (N-methyl/N-ethyl adjacent to an activating group) is 1. The van der Waals surface area contributed by atoms with Gasteiger partial charge in [-0.15, -0.1) is 4.73 Å². The Bertz CT molecular complexity index is 1840. The first-order valence-corrected chi connectivity index (χ1v) is 14.1. The Hall–Kier alpha value is -5.00. The highest BCUT2D eigenvalue weighted by Crippen LogP contribution is 2.31.